The molecule has 0 unspecified atom stereocenters. The maximum atomic E-state index is 6.58. The molecule has 0 amide bonds. The molecule has 0 N–H and O–H groups in total. The first-order chi connectivity index (χ1) is 16.7. The molecule has 2 aromatic carbocycles. The Morgan fingerprint density at radius 2 is 0.765 bits per heavy atom. The van der Waals surface area contributed by atoms with Crippen LogP contribution in [-0.2, 0) is 17.7 Å². The van der Waals surface area contributed by atoms with Gasteiger partial charge in [0, 0.05) is 26.4 Å². The fourth-order valence-corrected chi connectivity index (χ4v) is 11.1. The van der Waals surface area contributed by atoms with Crippen LogP contribution in [0.5, 0.6) is 0 Å². The normalized spacial score (nSPS) is 12.2. The smallest absolute Gasteiger partial charge is 0.372 e. The first-order valence-electron chi connectivity index (χ1n) is 13.3. The highest BCUT2D eigenvalue weighted by atomic mass is 28.4. The number of hydrogen-bond acceptors (Lipinski definition) is 4. The van der Waals surface area contributed by atoms with Crippen LogP contribution in [0, 0.1) is 0 Å². The lowest BCUT2D eigenvalue weighted by molar-refractivity contribution is 0.175. The molecule has 0 heterocycles. The molecule has 0 bridgehead atoms. The van der Waals surface area contributed by atoms with E-state index in [1.165, 1.54) is 10.4 Å². The van der Waals surface area contributed by atoms with E-state index in [9.17, 15) is 0 Å². The zero-order chi connectivity index (χ0) is 24.5. The third-order valence-corrected chi connectivity index (χ3v) is 13.0. The predicted molar refractivity (Wildman–Crippen MR) is 147 cm³/mol. The van der Waals surface area contributed by atoms with Crippen LogP contribution >= 0.6 is 0 Å². The van der Waals surface area contributed by atoms with Gasteiger partial charge in [-0.1, -0.05) is 101 Å². The van der Waals surface area contributed by atoms with Gasteiger partial charge in [0.25, 0.3) is 0 Å². The Kier molecular flexibility index (Phi) is 14.0. The molecule has 0 aliphatic heterocycles. The van der Waals surface area contributed by atoms with Crippen LogP contribution in [0.4, 0.5) is 0 Å². The minimum Gasteiger partial charge on any atom is -0.391 e. The summed E-state index contributed by atoms with van der Waals surface area (Å²) < 4.78 is 26.3. The Hall–Kier alpha value is -1.29. The molecule has 34 heavy (non-hydrogen) atoms. The van der Waals surface area contributed by atoms with E-state index in [1.54, 1.807) is 0 Å². The highest BCUT2D eigenvalue weighted by Gasteiger charge is 2.42. The quantitative estimate of drug-likeness (QED) is 0.170. The largest absolute Gasteiger partial charge is 0.391 e. The standard InChI is InChI=1S/C28H46O4Si2/c1-5-21-29-33(30-22-6-2,27-17-11-9-12-18-27)25-15-16-26-34(31-23-7-3,32-24-8-4)28-19-13-10-14-20-28/h9-14,17-20H,5-8,15-16,21-26H2,1-4H3. The lowest BCUT2D eigenvalue weighted by Crippen LogP contribution is -2.55. The van der Waals surface area contributed by atoms with Crippen molar-refractivity contribution < 1.29 is 17.7 Å². The second-order valence-electron chi connectivity index (χ2n) is 8.84. The topological polar surface area (TPSA) is 36.9 Å². The van der Waals surface area contributed by atoms with Crippen molar-refractivity contribution in [1.82, 2.24) is 0 Å². The lowest BCUT2D eigenvalue weighted by atomic mass is 10.4. The average molecular weight is 503 g/mol. The van der Waals surface area contributed by atoms with Gasteiger partial charge in [-0.15, -0.1) is 0 Å². The van der Waals surface area contributed by atoms with E-state index in [-0.39, 0.29) is 0 Å². The Morgan fingerprint density at radius 3 is 1.03 bits per heavy atom. The van der Waals surface area contributed by atoms with E-state index in [0.717, 1.165) is 77.0 Å². The Morgan fingerprint density at radius 1 is 0.471 bits per heavy atom. The minimum atomic E-state index is -2.51. The number of hydrogen-bond donors (Lipinski definition) is 0. The molecule has 0 aliphatic carbocycles. The molecule has 0 atom stereocenters. The van der Waals surface area contributed by atoms with Gasteiger partial charge in [0.2, 0.25) is 0 Å². The van der Waals surface area contributed by atoms with Crippen LogP contribution in [0.1, 0.15) is 66.2 Å². The van der Waals surface area contributed by atoms with E-state index in [1.807, 2.05) is 0 Å². The summed E-state index contributed by atoms with van der Waals surface area (Å²) in [5.41, 5.74) is 0. The fourth-order valence-electron chi connectivity index (χ4n) is 4.16. The molecule has 4 nitrogen and oxygen atoms in total. The molecule has 0 aliphatic rings. The van der Waals surface area contributed by atoms with Gasteiger partial charge in [-0.2, -0.15) is 0 Å². The van der Waals surface area contributed by atoms with Gasteiger partial charge >= 0.3 is 17.1 Å². The summed E-state index contributed by atoms with van der Waals surface area (Å²) >= 11 is 0. The maximum absolute atomic E-state index is 6.58. The number of benzene rings is 2. The van der Waals surface area contributed by atoms with E-state index >= 15 is 0 Å². The van der Waals surface area contributed by atoms with Crippen LogP contribution in [0.3, 0.4) is 0 Å². The molecule has 190 valence electrons. The van der Waals surface area contributed by atoms with Crippen molar-refractivity contribution in [2.75, 3.05) is 26.4 Å². The van der Waals surface area contributed by atoms with Crippen molar-refractivity contribution in [2.45, 2.75) is 78.3 Å². The van der Waals surface area contributed by atoms with Crippen molar-refractivity contribution in [3.63, 3.8) is 0 Å². The molecule has 0 aromatic heterocycles. The molecule has 2 rings (SSSR count). The third kappa shape index (κ3) is 8.74. The van der Waals surface area contributed by atoms with Crippen LogP contribution < -0.4 is 10.4 Å². The maximum Gasteiger partial charge on any atom is 0.372 e. The summed E-state index contributed by atoms with van der Waals surface area (Å²) in [7, 11) is -5.01. The van der Waals surface area contributed by atoms with Gasteiger partial charge in [0.05, 0.1) is 0 Å². The van der Waals surface area contributed by atoms with E-state index in [4.69, 9.17) is 17.7 Å². The zero-order valence-electron chi connectivity index (χ0n) is 21.9. The van der Waals surface area contributed by atoms with Crippen LogP contribution in [0.25, 0.3) is 0 Å². The van der Waals surface area contributed by atoms with Crippen LogP contribution in [-0.4, -0.2) is 43.5 Å². The summed E-state index contributed by atoms with van der Waals surface area (Å²) in [6, 6.07) is 23.2. The lowest BCUT2D eigenvalue weighted by Gasteiger charge is -2.33. The van der Waals surface area contributed by atoms with Crippen molar-refractivity contribution in [2.24, 2.45) is 0 Å². The summed E-state index contributed by atoms with van der Waals surface area (Å²) in [6.07, 6.45) is 6.07. The summed E-state index contributed by atoms with van der Waals surface area (Å²) in [5.74, 6) is 0. The molecule has 2 aromatic rings. The SMILES string of the molecule is CCCO[Si](CCCC[Si](OCCC)(OCCC)c1ccccc1)(OCCC)c1ccccc1. The van der Waals surface area contributed by atoms with Gasteiger partial charge < -0.3 is 17.7 Å². The van der Waals surface area contributed by atoms with E-state index < -0.39 is 17.1 Å². The van der Waals surface area contributed by atoms with Gasteiger partial charge in [0.15, 0.2) is 0 Å². The van der Waals surface area contributed by atoms with Gasteiger partial charge in [-0.3, -0.25) is 0 Å². The van der Waals surface area contributed by atoms with Crippen molar-refractivity contribution >= 4 is 27.5 Å². The summed E-state index contributed by atoms with van der Waals surface area (Å²) in [4.78, 5) is 0. The van der Waals surface area contributed by atoms with Crippen molar-refractivity contribution in [3.05, 3.63) is 60.7 Å². The highest BCUT2D eigenvalue weighted by Crippen LogP contribution is 2.24. The van der Waals surface area contributed by atoms with Crippen molar-refractivity contribution in [1.29, 1.82) is 0 Å². The van der Waals surface area contributed by atoms with Gasteiger partial charge in [0.1, 0.15) is 0 Å². The molecule has 0 spiro atoms. The van der Waals surface area contributed by atoms with Gasteiger partial charge in [-0.05, 0) is 48.1 Å². The number of unbranched alkanes of at least 4 members (excludes halogenated alkanes) is 1. The van der Waals surface area contributed by atoms with Crippen LogP contribution in [0.2, 0.25) is 12.1 Å². The summed E-state index contributed by atoms with van der Waals surface area (Å²) in [5, 5.41) is 2.49. The molecule has 6 heteroatoms. The Balaban J connectivity index is 2.20. The Bertz CT molecular complexity index is 676. The molecule has 0 fully saturated rings. The minimum absolute atomic E-state index is 0.743. The van der Waals surface area contributed by atoms with Crippen LogP contribution in [0.15, 0.2) is 60.7 Å². The number of rotatable bonds is 19. The molecule has 0 saturated heterocycles. The zero-order valence-corrected chi connectivity index (χ0v) is 23.9. The first kappa shape index (κ1) is 28.9. The molecular weight excluding hydrogens is 456 g/mol. The second kappa shape index (κ2) is 16.4. The van der Waals surface area contributed by atoms with Crippen molar-refractivity contribution in [3.8, 4) is 0 Å². The monoisotopic (exact) mass is 502 g/mol. The summed E-state index contributed by atoms with van der Waals surface area (Å²) in [6.45, 7) is 11.6. The van der Waals surface area contributed by atoms with Gasteiger partial charge in [-0.25, -0.2) is 0 Å². The molecule has 0 saturated carbocycles. The van der Waals surface area contributed by atoms with E-state index in [0.29, 0.717) is 0 Å². The van der Waals surface area contributed by atoms with E-state index in [2.05, 4.69) is 88.4 Å². The molecular formula is C28H46O4Si2. The average Bonchev–Trinajstić information content (AvgIpc) is 2.90. The fraction of sp³-hybridized carbons (Fsp3) is 0.571. The Labute approximate surface area is 210 Å². The first-order valence-corrected chi connectivity index (χ1v) is 17.4. The second-order valence-corrected chi connectivity index (χ2v) is 15.2. The third-order valence-electron chi connectivity index (χ3n) is 5.85. The predicted octanol–water partition coefficient (Wildman–Crippen LogP) is 6.17. The molecule has 0 radical (unpaired) electrons. The highest BCUT2D eigenvalue weighted by molar-refractivity contribution is 6.81.